The zero-order chi connectivity index (χ0) is 10.2. The van der Waals surface area contributed by atoms with E-state index in [0.717, 1.165) is 6.07 Å². The van der Waals surface area contributed by atoms with Crippen LogP contribution in [0.2, 0.25) is 0 Å². The van der Waals surface area contributed by atoms with E-state index in [2.05, 4.69) is 15.9 Å². The van der Waals surface area contributed by atoms with Crippen molar-refractivity contribution in [2.45, 2.75) is 20.0 Å². The second-order valence-corrected chi connectivity index (χ2v) is 3.77. The van der Waals surface area contributed by atoms with E-state index in [1.54, 1.807) is 6.92 Å². The number of benzene rings is 1. The Morgan fingerprint density at radius 3 is 2.08 bits per heavy atom. The van der Waals surface area contributed by atoms with Gasteiger partial charge in [0.25, 0.3) is 0 Å². The first-order valence-electron chi connectivity index (χ1n) is 3.66. The fourth-order valence-electron chi connectivity index (χ4n) is 1.09. The van der Waals surface area contributed by atoms with Gasteiger partial charge in [0.05, 0.1) is 5.56 Å². The smallest absolute Gasteiger partial charge is 0.166 e. The van der Waals surface area contributed by atoms with Crippen molar-refractivity contribution in [1.29, 1.82) is 0 Å². The molecule has 0 heterocycles. The van der Waals surface area contributed by atoms with Crippen molar-refractivity contribution in [2.75, 3.05) is 0 Å². The topological polar surface area (TPSA) is 0 Å². The van der Waals surface area contributed by atoms with Gasteiger partial charge >= 0.3 is 6.18 Å². The lowest BCUT2D eigenvalue weighted by Crippen LogP contribution is -2.07. The Kier molecular flexibility index (Phi) is 2.71. The fraction of sp³-hybridized carbons (Fsp3) is 0.333. The third-order valence-corrected chi connectivity index (χ3v) is 2.67. The molecule has 0 aliphatic heterocycles. The maximum absolute atomic E-state index is 12.3. The highest BCUT2D eigenvalue weighted by atomic mass is 79.9. The highest BCUT2D eigenvalue weighted by molar-refractivity contribution is 9.10. The van der Waals surface area contributed by atoms with Gasteiger partial charge in [-0.1, -0.05) is 15.9 Å². The fourth-order valence-corrected chi connectivity index (χ4v) is 1.54. The first-order valence-corrected chi connectivity index (χ1v) is 4.45. The number of hydrogen-bond acceptors (Lipinski definition) is 0. The summed E-state index contributed by atoms with van der Waals surface area (Å²) in [4.78, 5) is 0. The van der Waals surface area contributed by atoms with Crippen LogP contribution in [0.25, 0.3) is 0 Å². The molecule has 4 heteroatoms. The normalized spacial score (nSPS) is 11.8. The molecule has 0 aliphatic rings. The average Bonchev–Trinajstić information content (AvgIpc) is 1.94. The lowest BCUT2D eigenvalue weighted by molar-refractivity contribution is -0.138. The van der Waals surface area contributed by atoms with Crippen molar-refractivity contribution in [3.8, 4) is 0 Å². The second kappa shape index (κ2) is 3.33. The molecule has 0 spiro atoms. The van der Waals surface area contributed by atoms with Crippen LogP contribution in [0.1, 0.15) is 16.7 Å². The van der Waals surface area contributed by atoms with Crippen molar-refractivity contribution < 1.29 is 13.2 Å². The van der Waals surface area contributed by atoms with Crippen LogP contribution in [-0.2, 0) is 6.18 Å². The van der Waals surface area contributed by atoms with Crippen molar-refractivity contribution in [1.82, 2.24) is 0 Å². The molecule has 0 fully saturated rings. The van der Waals surface area contributed by atoms with Crippen molar-refractivity contribution >= 4 is 15.9 Å². The standard InChI is InChI=1S/C9H8BrF3/c1-5-4-8(10)6(2)3-7(5)9(11,12)13/h3-4H,1-2H3. The average molecular weight is 253 g/mol. The molecule has 1 aromatic rings. The Hall–Kier alpha value is -0.510. The van der Waals surface area contributed by atoms with Crippen LogP contribution in [0, 0.1) is 13.8 Å². The van der Waals surface area contributed by atoms with E-state index in [4.69, 9.17) is 0 Å². The highest BCUT2D eigenvalue weighted by Gasteiger charge is 2.32. The molecule has 0 aliphatic carbocycles. The summed E-state index contributed by atoms with van der Waals surface area (Å²) in [7, 11) is 0. The Labute approximate surface area is 82.9 Å². The number of halogens is 4. The maximum atomic E-state index is 12.3. The zero-order valence-electron chi connectivity index (χ0n) is 7.17. The Balaban J connectivity index is 3.32. The van der Waals surface area contributed by atoms with Gasteiger partial charge in [0.15, 0.2) is 0 Å². The van der Waals surface area contributed by atoms with Gasteiger partial charge in [0.2, 0.25) is 0 Å². The van der Waals surface area contributed by atoms with Crippen molar-refractivity contribution in [3.05, 3.63) is 33.3 Å². The predicted molar refractivity (Wildman–Crippen MR) is 48.6 cm³/mol. The summed E-state index contributed by atoms with van der Waals surface area (Å²) < 4.78 is 37.7. The van der Waals surface area contributed by atoms with Crippen molar-refractivity contribution in [3.63, 3.8) is 0 Å². The lowest BCUT2D eigenvalue weighted by atomic mass is 10.1. The van der Waals surface area contributed by atoms with Gasteiger partial charge in [0, 0.05) is 4.47 Å². The van der Waals surface area contributed by atoms with Gasteiger partial charge in [-0.2, -0.15) is 13.2 Å². The summed E-state index contributed by atoms with van der Waals surface area (Å²) >= 11 is 3.18. The van der Waals surface area contributed by atoms with Gasteiger partial charge < -0.3 is 0 Å². The lowest BCUT2D eigenvalue weighted by Gasteiger charge is -2.11. The third-order valence-electron chi connectivity index (χ3n) is 1.81. The molecule has 0 N–H and O–H groups in total. The number of alkyl halides is 3. The van der Waals surface area contributed by atoms with Gasteiger partial charge in [0.1, 0.15) is 0 Å². The minimum absolute atomic E-state index is 0.241. The van der Waals surface area contributed by atoms with E-state index in [-0.39, 0.29) is 5.56 Å². The van der Waals surface area contributed by atoms with Crippen LogP contribution in [0.5, 0.6) is 0 Å². The molecule has 0 bridgehead atoms. The summed E-state index contributed by atoms with van der Waals surface area (Å²) in [5.41, 5.74) is 0.274. The van der Waals surface area contributed by atoms with E-state index in [0.29, 0.717) is 10.0 Å². The summed E-state index contributed by atoms with van der Waals surface area (Å²) in [6.07, 6.45) is -4.25. The van der Waals surface area contributed by atoms with Gasteiger partial charge in [-0.15, -0.1) is 0 Å². The molecule has 1 rings (SSSR count). The molecule has 0 nitrogen and oxygen atoms in total. The quantitative estimate of drug-likeness (QED) is 0.653. The third kappa shape index (κ3) is 2.24. The van der Waals surface area contributed by atoms with E-state index in [1.807, 2.05) is 0 Å². The molecule has 13 heavy (non-hydrogen) atoms. The van der Waals surface area contributed by atoms with Crippen LogP contribution in [0.3, 0.4) is 0 Å². The van der Waals surface area contributed by atoms with Crippen LogP contribution in [-0.4, -0.2) is 0 Å². The summed E-state index contributed by atoms with van der Waals surface area (Å²) in [6.45, 7) is 3.09. The van der Waals surface area contributed by atoms with E-state index < -0.39 is 11.7 Å². The molecule has 0 atom stereocenters. The Morgan fingerprint density at radius 2 is 1.62 bits per heavy atom. The molecule has 0 amide bonds. The number of rotatable bonds is 0. The minimum atomic E-state index is -4.25. The first kappa shape index (κ1) is 10.6. The van der Waals surface area contributed by atoms with Crippen LogP contribution in [0.4, 0.5) is 13.2 Å². The molecule has 72 valence electrons. The molecular formula is C9H8BrF3. The van der Waals surface area contributed by atoms with E-state index >= 15 is 0 Å². The molecular weight excluding hydrogens is 245 g/mol. The zero-order valence-corrected chi connectivity index (χ0v) is 8.75. The summed E-state index contributed by atoms with van der Waals surface area (Å²) in [5, 5.41) is 0. The number of aryl methyl sites for hydroxylation is 2. The van der Waals surface area contributed by atoms with Crippen LogP contribution >= 0.6 is 15.9 Å². The maximum Gasteiger partial charge on any atom is 0.416 e. The first-order chi connectivity index (χ1) is 5.82. The predicted octanol–water partition coefficient (Wildman–Crippen LogP) is 4.08. The van der Waals surface area contributed by atoms with E-state index in [1.165, 1.54) is 13.0 Å². The largest absolute Gasteiger partial charge is 0.416 e. The van der Waals surface area contributed by atoms with Crippen LogP contribution < -0.4 is 0 Å². The van der Waals surface area contributed by atoms with E-state index in [9.17, 15) is 13.2 Å². The second-order valence-electron chi connectivity index (χ2n) is 2.91. The number of hydrogen-bond donors (Lipinski definition) is 0. The summed E-state index contributed by atoms with van der Waals surface area (Å²) in [6, 6.07) is 2.64. The van der Waals surface area contributed by atoms with Gasteiger partial charge in [-0.05, 0) is 37.1 Å². The molecule has 1 aromatic carbocycles. The van der Waals surface area contributed by atoms with Crippen LogP contribution in [0.15, 0.2) is 16.6 Å². The van der Waals surface area contributed by atoms with Gasteiger partial charge in [-0.3, -0.25) is 0 Å². The van der Waals surface area contributed by atoms with Gasteiger partial charge in [-0.25, -0.2) is 0 Å². The SMILES string of the molecule is Cc1cc(C(F)(F)F)c(C)cc1Br. The highest BCUT2D eigenvalue weighted by Crippen LogP contribution is 2.34. The minimum Gasteiger partial charge on any atom is -0.166 e. The monoisotopic (exact) mass is 252 g/mol. The Morgan fingerprint density at radius 1 is 1.08 bits per heavy atom. The van der Waals surface area contributed by atoms with Crippen molar-refractivity contribution in [2.24, 2.45) is 0 Å². The molecule has 0 saturated carbocycles. The molecule has 0 saturated heterocycles. The molecule has 0 aromatic heterocycles. The summed E-state index contributed by atoms with van der Waals surface area (Å²) in [5.74, 6) is 0. The Bertz CT molecular complexity index is 328. The molecule has 0 unspecified atom stereocenters. The molecule has 0 radical (unpaired) electrons.